The van der Waals surface area contributed by atoms with Crippen molar-refractivity contribution < 1.29 is 9.53 Å². The molecule has 1 amide bonds. The van der Waals surface area contributed by atoms with Crippen molar-refractivity contribution in [3.05, 3.63) is 12.3 Å². The Morgan fingerprint density at radius 1 is 1.50 bits per heavy atom. The van der Waals surface area contributed by atoms with Crippen LogP contribution < -0.4 is 5.32 Å². The van der Waals surface area contributed by atoms with Gasteiger partial charge in [0.05, 0.1) is 0 Å². The molecule has 12 heavy (non-hydrogen) atoms. The van der Waals surface area contributed by atoms with Gasteiger partial charge in [0.2, 0.25) is 0 Å². The third kappa shape index (κ3) is 5.77. The molecule has 0 unspecified atom stereocenters. The molecule has 0 saturated heterocycles. The molecule has 3 heteroatoms. The molecule has 0 atom stereocenters. The first-order valence-electron chi connectivity index (χ1n) is 4.03. The first-order chi connectivity index (χ1) is 5.35. The van der Waals surface area contributed by atoms with Crippen molar-refractivity contribution in [2.24, 2.45) is 0 Å². The third-order valence-electron chi connectivity index (χ3n) is 1.10. The average Bonchev–Trinajstić information content (AvgIpc) is 1.82. The molecule has 0 aliphatic carbocycles. The summed E-state index contributed by atoms with van der Waals surface area (Å²) in [4.78, 5) is 11.0. The van der Waals surface area contributed by atoms with Crippen molar-refractivity contribution in [2.45, 2.75) is 39.7 Å². The average molecular weight is 171 g/mol. The number of hydrogen-bond acceptors (Lipinski definition) is 2. The van der Waals surface area contributed by atoms with Crippen molar-refractivity contribution in [1.82, 2.24) is 5.32 Å². The Hall–Kier alpha value is -0.990. The van der Waals surface area contributed by atoms with Crippen molar-refractivity contribution in [3.8, 4) is 0 Å². The van der Waals surface area contributed by atoms with E-state index >= 15 is 0 Å². The van der Waals surface area contributed by atoms with Gasteiger partial charge >= 0.3 is 6.09 Å². The highest BCUT2D eigenvalue weighted by molar-refractivity contribution is 5.69. The number of rotatable bonds is 2. The normalized spacial score (nSPS) is 10.7. The number of ether oxygens (including phenoxy) is 1. The van der Waals surface area contributed by atoms with Crippen LogP contribution in [0.3, 0.4) is 0 Å². The molecule has 0 spiro atoms. The van der Waals surface area contributed by atoms with Crippen LogP contribution in [-0.2, 0) is 4.74 Å². The molecule has 0 bridgehead atoms. The summed E-state index contributed by atoms with van der Waals surface area (Å²) >= 11 is 0. The number of carbonyl (C=O) groups excluding carboxylic acids is 1. The Labute approximate surface area is 73.8 Å². The third-order valence-corrected chi connectivity index (χ3v) is 1.10. The van der Waals surface area contributed by atoms with Gasteiger partial charge in [-0.1, -0.05) is 13.5 Å². The van der Waals surface area contributed by atoms with Gasteiger partial charge in [-0.05, 0) is 27.2 Å². The number of nitrogens with one attached hydrogen (secondary N) is 1. The molecule has 0 aromatic heterocycles. The minimum Gasteiger partial charge on any atom is -0.444 e. The van der Waals surface area contributed by atoms with Crippen LogP contribution in [0, 0.1) is 0 Å². The maximum Gasteiger partial charge on any atom is 0.411 e. The van der Waals surface area contributed by atoms with Gasteiger partial charge in [-0.2, -0.15) is 0 Å². The van der Waals surface area contributed by atoms with Crippen molar-refractivity contribution >= 4 is 6.09 Å². The Morgan fingerprint density at radius 3 is 2.33 bits per heavy atom. The largest absolute Gasteiger partial charge is 0.444 e. The van der Waals surface area contributed by atoms with Crippen LogP contribution in [0.15, 0.2) is 12.3 Å². The van der Waals surface area contributed by atoms with E-state index in [-0.39, 0.29) is 0 Å². The standard InChI is InChI=1S/C9H17NO2/c1-6-7(2)10-8(11)12-9(3,4)5/h2,6H2,1,3-5H3,(H,10,11). The maximum atomic E-state index is 11.0. The van der Waals surface area contributed by atoms with Gasteiger partial charge < -0.3 is 4.74 Å². The molecule has 3 nitrogen and oxygen atoms in total. The lowest BCUT2D eigenvalue weighted by atomic mass is 10.2. The second kappa shape index (κ2) is 4.14. The van der Waals surface area contributed by atoms with Crippen LogP contribution in [0.1, 0.15) is 34.1 Å². The van der Waals surface area contributed by atoms with Gasteiger partial charge in [0.1, 0.15) is 5.60 Å². The van der Waals surface area contributed by atoms with E-state index in [1.807, 2.05) is 27.7 Å². The zero-order valence-electron chi connectivity index (χ0n) is 8.23. The van der Waals surface area contributed by atoms with E-state index in [9.17, 15) is 4.79 Å². The SMILES string of the molecule is C=C(CC)NC(=O)OC(C)(C)C. The van der Waals surface area contributed by atoms with Gasteiger partial charge in [-0.15, -0.1) is 0 Å². The molecular weight excluding hydrogens is 154 g/mol. The predicted octanol–water partition coefficient (Wildman–Crippen LogP) is 2.43. The molecule has 1 N–H and O–H groups in total. The van der Waals surface area contributed by atoms with E-state index in [0.717, 1.165) is 6.42 Å². The number of amides is 1. The maximum absolute atomic E-state index is 11.0. The highest BCUT2D eigenvalue weighted by Gasteiger charge is 2.15. The second-order valence-electron chi connectivity index (χ2n) is 3.58. The van der Waals surface area contributed by atoms with E-state index in [1.165, 1.54) is 0 Å². The number of allylic oxidation sites excluding steroid dienone is 1. The fraction of sp³-hybridized carbons (Fsp3) is 0.667. The lowest BCUT2D eigenvalue weighted by Crippen LogP contribution is -2.31. The van der Waals surface area contributed by atoms with Crippen molar-refractivity contribution in [2.75, 3.05) is 0 Å². The van der Waals surface area contributed by atoms with E-state index in [0.29, 0.717) is 5.70 Å². The zero-order chi connectivity index (χ0) is 9.78. The van der Waals surface area contributed by atoms with E-state index in [1.54, 1.807) is 0 Å². The molecule has 0 saturated carbocycles. The lowest BCUT2D eigenvalue weighted by molar-refractivity contribution is 0.0545. The summed E-state index contributed by atoms with van der Waals surface area (Å²) in [5, 5.41) is 2.53. The number of alkyl carbamates (subject to hydrolysis) is 1. The molecule has 0 fully saturated rings. The van der Waals surface area contributed by atoms with Gasteiger partial charge in [-0.3, -0.25) is 5.32 Å². The molecule has 0 rings (SSSR count). The predicted molar refractivity (Wildman–Crippen MR) is 48.8 cm³/mol. The van der Waals surface area contributed by atoms with Crippen LogP contribution >= 0.6 is 0 Å². The molecule has 0 aliphatic heterocycles. The van der Waals surface area contributed by atoms with Gasteiger partial charge in [-0.25, -0.2) is 4.79 Å². The zero-order valence-corrected chi connectivity index (χ0v) is 8.23. The van der Waals surface area contributed by atoms with E-state index < -0.39 is 11.7 Å². The molecule has 0 aromatic carbocycles. The first-order valence-corrected chi connectivity index (χ1v) is 4.03. The monoisotopic (exact) mass is 171 g/mol. The Balaban J connectivity index is 3.83. The highest BCUT2D eigenvalue weighted by atomic mass is 16.6. The molecule has 70 valence electrons. The quantitative estimate of drug-likeness (QED) is 0.693. The summed E-state index contributed by atoms with van der Waals surface area (Å²) in [7, 11) is 0. The summed E-state index contributed by atoms with van der Waals surface area (Å²) in [5.74, 6) is 0. The smallest absolute Gasteiger partial charge is 0.411 e. The van der Waals surface area contributed by atoms with Crippen LogP contribution in [0.2, 0.25) is 0 Å². The van der Waals surface area contributed by atoms with E-state index in [4.69, 9.17) is 4.74 Å². The van der Waals surface area contributed by atoms with Crippen LogP contribution in [0.5, 0.6) is 0 Å². The lowest BCUT2D eigenvalue weighted by Gasteiger charge is -2.19. The Bertz CT molecular complexity index is 179. The molecule has 0 aliphatic rings. The van der Waals surface area contributed by atoms with E-state index in [2.05, 4.69) is 11.9 Å². The fourth-order valence-electron chi connectivity index (χ4n) is 0.536. The van der Waals surface area contributed by atoms with Crippen LogP contribution in [-0.4, -0.2) is 11.7 Å². The Morgan fingerprint density at radius 2 is 2.00 bits per heavy atom. The summed E-state index contributed by atoms with van der Waals surface area (Å²) in [6.07, 6.45) is 0.286. The summed E-state index contributed by atoms with van der Waals surface area (Å²) in [6, 6.07) is 0. The summed E-state index contributed by atoms with van der Waals surface area (Å²) in [6.45, 7) is 11.0. The highest BCUT2D eigenvalue weighted by Crippen LogP contribution is 2.07. The first kappa shape index (κ1) is 11.0. The fourth-order valence-corrected chi connectivity index (χ4v) is 0.536. The molecule has 0 radical (unpaired) electrons. The minimum atomic E-state index is -0.446. The van der Waals surface area contributed by atoms with Crippen molar-refractivity contribution in [3.63, 3.8) is 0 Å². The van der Waals surface area contributed by atoms with Crippen LogP contribution in [0.4, 0.5) is 4.79 Å². The van der Waals surface area contributed by atoms with Gasteiger partial charge in [0.25, 0.3) is 0 Å². The number of carbonyl (C=O) groups is 1. The minimum absolute atomic E-state index is 0.436. The summed E-state index contributed by atoms with van der Waals surface area (Å²) in [5.41, 5.74) is 0.224. The van der Waals surface area contributed by atoms with Gasteiger partial charge in [0.15, 0.2) is 0 Å². The Kier molecular flexibility index (Phi) is 3.80. The molecule has 0 aromatic rings. The van der Waals surface area contributed by atoms with Crippen LogP contribution in [0.25, 0.3) is 0 Å². The topological polar surface area (TPSA) is 38.3 Å². The van der Waals surface area contributed by atoms with Gasteiger partial charge in [0, 0.05) is 5.70 Å². The second-order valence-corrected chi connectivity index (χ2v) is 3.58. The molecule has 0 heterocycles. The molecular formula is C9H17NO2. The van der Waals surface area contributed by atoms with Crippen molar-refractivity contribution in [1.29, 1.82) is 0 Å². The summed E-state index contributed by atoms with van der Waals surface area (Å²) < 4.78 is 5.00. The number of hydrogen-bond donors (Lipinski definition) is 1.